The number of amides is 1. The molecule has 1 atom stereocenters. The van der Waals surface area contributed by atoms with Gasteiger partial charge in [-0.15, -0.1) is 0 Å². The fourth-order valence-electron chi connectivity index (χ4n) is 4.57. The maximum atomic E-state index is 12.5. The van der Waals surface area contributed by atoms with Crippen LogP contribution in [0.1, 0.15) is 42.4 Å². The Labute approximate surface area is 213 Å². The topological polar surface area (TPSA) is 79.8 Å². The third kappa shape index (κ3) is 6.67. The summed E-state index contributed by atoms with van der Waals surface area (Å²) >= 11 is 0. The zero-order chi connectivity index (χ0) is 25.3. The lowest BCUT2D eigenvalue weighted by Gasteiger charge is -2.28. The molecular formula is C30H34N2O4. The normalized spacial score (nSPS) is 14.9. The number of methoxy groups -OCH3 is 1. The summed E-state index contributed by atoms with van der Waals surface area (Å²) in [5.41, 5.74) is 3.62. The van der Waals surface area contributed by atoms with Crippen LogP contribution in [0, 0.1) is 5.92 Å². The third-order valence-electron chi connectivity index (χ3n) is 6.80. The molecule has 3 aromatic rings. The number of phenolic OH excluding ortho intramolecular Hbond substituents is 1. The largest absolute Gasteiger partial charge is 0.504 e. The number of carbonyl (C=O) groups is 1. The first-order valence-corrected chi connectivity index (χ1v) is 12.4. The molecule has 3 aromatic carbocycles. The van der Waals surface area contributed by atoms with E-state index in [2.05, 4.69) is 29.7 Å². The predicted octanol–water partition coefficient (Wildman–Crippen LogP) is 5.73. The first-order valence-electron chi connectivity index (χ1n) is 12.4. The Morgan fingerprint density at radius 2 is 1.86 bits per heavy atom. The first kappa shape index (κ1) is 25.3. The van der Waals surface area contributed by atoms with Crippen molar-refractivity contribution >= 4 is 17.7 Å². The second-order valence-electron chi connectivity index (χ2n) is 9.14. The van der Waals surface area contributed by atoms with Crippen molar-refractivity contribution in [1.29, 1.82) is 0 Å². The second kappa shape index (κ2) is 12.3. The molecule has 3 N–H and O–H groups in total. The van der Waals surface area contributed by atoms with Crippen LogP contribution < -0.4 is 20.1 Å². The van der Waals surface area contributed by atoms with Gasteiger partial charge < -0.3 is 25.2 Å². The number of anilines is 1. The monoisotopic (exact) mass is 486 g/mol. The molecule has 188 valence electrons. The lowest BCUT2D eigenvalue weighted by atomic mass is 9.82. The van der Waals surface area contributed by atoms with Gasteiger partial charge in [-0.2, -0.15) is 0 Å². The van der Waals surface area contributed by atoms with Crippen molar-refractivity contribution in [2.45, 2.75) is 32.3 Å². The van der Waals surface area contributed by atoms with Crippen molar-refractivity contribution in [3.8, 4) is 17.2 Å². The smallest absolute Gasteiger partial charge is 0.248 e. The predicted molar refractivity (Wildman–Crippen MR) is 144 cm³/mol. The van der Waals surface area contributed by atoms with Crippen LogP contribution >= 0.6 is 0 Å². The van der Waals surface area contributed by atoms with Crippen LogP contribution in [0.2, 0.25) is 0 Å². The van der Waals surface area contributed by atoms with E-state index in [-0.39, 0.29) is 11.7 Å². The highest BCUT2D eigenvalue weighted by Crippen LogP contribution is 2.32. The van der Waals surface area contributed by atoms with Crippen molar-refractivity contribution in [3.63, 3.8) is 0 Å². The number of aromatic hydroxyl groups is 1. The van der Waals surface area contributed by atoms with Gasteiger partial charge >= 0.3 is 0 Å². The standard InChI is InChI=1S/C30H34N2O4/c1-21(24-15-17-31-18-16-24)23-9-11-26(12-10-23)36-20-25-5-3-4-6-27(25)32-30(34)14-8-22-7-13-29(35-2)28(33)19-22/h3-14,19,21,24,31,33H,15-18,20H2,1-2H3,(H,32,34)/b14-8+. The number of piperidine rings is 1. The van der Waals surface area contributed by atoms with Gasteiger partial charge in [0.15, 0.2) is 11.5 Å². The van der Waals surface area contributed by atoms with Gasteiger partial charge in [0.1, 0.15) is 12.4 Å². The van der Waals surface area contributed by atoms with Crippen LogP contribution in [-0.2, 0) is 11.4 Å². The molecule has 6 heteroatoms. The summed E-state index contributed by atoms with van der Waals surface area (Å²) in [5, 5.41) is 16.3. The van der Waals surface area contributed by atoms with E-state index >= 15 is 0 Å². The van der Waals surface area contributed by atoms with Crippen LogP contribution in [0.25, 0.3) is 6.08 Å². The Hall–Kier alpha value is -3.77. The molecular weight excluding hydrogens is 452 g/mol. The van der Waals surface area contributed by atoms with Crippen molar-refractivity contribution in [2.75, 3.05) is 25.5 Å². The fraction of sp³-hybridized carbons (Fsp3) is 0.300. The van der Waals surface area contributed by atoms with E-state index in [0.717, 1.165) is 30.3 Å². The Kier molecular flexibility index (Phi) is 8.63. The highest BCUT2D eigenvalue weighted by Gasteiger charge is 2.21. The van der Waals surface area contributed by atoms with Gasteiger partial charge in [-0.05, 0) is 85.3 Å². The summed E-state index contributed by atoms with van der Waals surface area (Å²) in [7, 11) is 1.49. The molecule has 0 saturated carbocycles. The zero-order valence-corrected chi connectivity index (χ0v) is 20.9. The van der Waals surface area contributed by atoms with E-state index in [1.807, 2.05) is 36.4 Å². The molecule has 1 aliphatic heterocycles. The summed E-state index contributed by atoms with van der Waals surface area (Å²) in [6.45, 7) is 4.87. The van der Waals surface area contributed by atoms with Gasteiger partial charge in [-0.25, -0.2) is 0 Å². The van der Waals surface area contributed by atoms with Crippen molar-refractivity contribution < 1.29 is 19.4 Å². The molecule has 0 radical (unpaired) electrons. The van der Waals surface area contributed by atoms with Gasteiger partial charge in [-0.3, -0.25) is 4.79 Å². The molecule has 0 bridgehead atoms. The Bertz CT molecular complexity index is 1180. The number of carbonyl (C=O) groups excluding carboxylic acids is 1. The van der Waals surface area contributed by atoms with Crippen LogP contribution in [0.3, 0.4) is 0 Å². The Morgan fingerprint density at radius 1 is 1.11 bits per heavy atom. The zero-order valence-electron chi connectivity index (χ0n) is 20.9. The number of benzene rings is 3. The molecule has 1 unspecified atom stereocenters. The Balaban J connectivity index is 1.34. The van der Waals surface area contributed by atoms with E-state index in [1.165, 1.54) is 31.6 Å². The molecule has 1 fully saturated rings. The second-order valence-corrected chi connectivity index (χ2v) is 9.14. The molecule has 0 aliphatic carbocycles. The van der Waals surface area contributed by atoms with Gasteiger partial charge in [0.2, 0.25) is 5.91 Å². The van der Waals surface area contributed by atoms with Crippen molar-refractivity contribution in [2.24, 2.45) is 5.92 Å². The van der Waals surface area contributed by atoms with Crippen LogP contribution in [0.4, 0.5) is 5.69 Å². The molecule has 0 spiro atoms. The highest BCUT2D eigenvalue weighted by atomic mass is 16.5. The average Bonchev–Trinajstić information content (AvgIpc) is 2.92. The van der Waals surface area contributed by atoms with Gasteiger partial charge in [0, 0.05) is 17.3 Å². The number of nitrogens with one attached hydrogen (secondary N) is 2. The lowest BCUT2D eigenvalue weighted by Crippen LogP contribution is -2.30. The number of phenols is 1. The molecule has 1 aliphatic rings. The summed E-state index contributed by atoms with van der Waals surface area (Å²) < 4.78 is 11.1. The average molecular weight is 487 g/mol. The summed E-state index contributed by atoms with van der Waals surface area (Å²) in [6.07, 6.45) is 5.51. The summed E-state index contributed by atoms with van der Waals surface area (Å²) in [4.78, 5) is 12.5. The van der Waals surface area contributed by atoms with Crippen LogP contribution in [0.15, 0.2) is 72.8 Å². The maximum absolute atomic E-state index is 12.5. The Morgan fingerprint density at radius 3 is 2.58 bits per heavy atom. The SMILES string of the molecule is COc1ccc(/C=C/C(=O)Nc2ccccc2COc2ccc(C(C)C3CCNCC3)cc2)cc1O. The van der Waals surface area contributed by atoms with Gasteiger partial charge in [-0.1, -0.05) is 43.3 Å². The van der Waals surface area contributed by atoms with Gasteiger partial charge in [0.05, 0.1) is 7.11 Å². The van der Waals surface area contributed by atoms with Crippen LogP contribution in [-0.4, -0.2) is 31.2 Å². The lowest BCUT2D eigenvalue weighted by molar-refractivity contribution is -0.111. The van der Waals surface area contributed by atoms with Crippen molar-refractivity contribution in [1.82, 2.24) is 5.32 Å². The number of rotatable bonds is 9. The summed E-state index contributed by atoms with van der Waals surface area (Å²) in [5.74, 6) is 2.20. The van der Waals surface area contributed by atoms with Crippen LogP contribution in [0.5, 0.6) is 17.2 Å². The van der Waals surface area contributed by atoms with Crippen molar-refractivity contribution in [3.05, 3.63) is 89.5 Å². The number of hydrogen-bond donors (Lipinski definition) is 3. The molecule has 1 amide bonds. The third-order valence-corrected chi connectivity index (χ3v) is 6.80. The fourth-order valence-corrected chi connectivity index (χ4v) is 4.57. The van der Waals surface area contributed by atoms with E-state index in [0.29, 0.717) is 29.5 Å². The van der Waals surface area contributed by atoms with E-state index in [9.17, 15) is 9.90 Å². The minimum absolute atomic E-state index is 0.0244. The summed E-state index contributed by atoms with van der Waals surface area (Å²) in [6, 6.07) is 20.9. The minimum atomic E-state index is -0.269. The molecule has 6 nitrogen and oxygen atoms in total. The number of hydrogen-bond acceptors (Lipinski definition) is 5. The first-order chi connectivity index (χ1) is 17.5. The highest BCUT2D eigenvalue weighted by molar-refractivity contribution is 6.02. The molecule has 4 rings (SSSR count). The van der Waals surface area contributed by atoms with Gasteiger partial charge in [0.25, 0.3) is 0 Å². The quantitative estimate of drug-likeness (QED) is 0.336. The number of para-hydroxylation sites is 1. The minimum Gasteiger partial charge on any atom is -0.504 e. The number of ether oxygens (including phenoxy) is 2. The molecule has 0 aromatic heterocycles. The molecule has 1 heterocycles. The molecule has 36 heavy (non-hydrogen) atoms. The van der Waals surface area contributed by atoms with E-state index in [4.69, 9.17) is 9.47 Å². The van der Waals surface area contributed by atoms with E-state index in [1.54, 1.807) is 24.3 Å². The maximum Gasteiger partial charge on any atom is 0.248 e. The molecule has 1 saturated heterocycles. The van der Waals surface area contributed by atoms with E-state index < -0.39 is 0 Å².